The zero-order chi connectivity index (χ0) is 22.4. The van der Waals surface area contributed by atoms with E-state index in [9.17, 15) is 21.6 Å². The first-order chi connectivity index (χ1) is 14.6. The van der Waals surface area contributed by atoms with Gasteiger partial charge in [0.1, 0.15) is 0 Å². The Balaban J connectivity index is 1.60. The highest BCUT2D eigenvalue weighted by Crippen LogP contribution is 2.32. The molecule has 31 heavy (non-hydrogen) atoms. The minimum atomic E-state index is -3.80. The Morgan fingerprint density at radius 3 is 2.06 bits per heavy atom. The Morgan fingerprint density at radius 1 is 0.968 bits per heavy atom. The Hall–Kier alpha value is -2.57. The van der Waals surface area contributed by atoms with Crippen molar-refractivity contribution in [2.75, 3.05) is 41.1 Å². The summed E-state index contributed by atoms with van der Waals surface area (Å²) in [6, 6.07) is 4.63. The predicted molar refractivity (Wildman–Crippen MR) is 115 cm³/mol. The van der Waals surface area contributed by atoms with Gasteiger partial charge in [0.05, 0.1) is 16.3 Å². The molecule has 2 saturated heterocycles. The van der Waals surface area contributed by atoms with E-state index in [2.05, 4.69) is 9.97 Å². The van der Waals surface area contributed by atoms with Gasteiger partial charge in [0.25, 0.3) is 0 Å². The van der Waals surface area contributed by atoms with Crippen LogP contribution in [0, 0.1) is 13.8 Å². The number of carbonyl (C=O) groups is 1. The third-order valence-corrected chi connectivity index (χ3v) is 9.33. The van der Waals surface area contributed by atoms with Crippen molar-refractivity contribution in [3.63, 3.8) is 0 Å². The monoisotopic (exact) mass is 465 g/mol. The van der Waals surface area contributed by atoms with Crippen LogP contribution in [0.15, 0.2) is 35.5 Å². The van der Waals surface area contributed by atoms with Crippen LogP contribution in [0.25, 0.3) is 0 Å². The van der Waals surface area contributed by atoms with Crippen LogP contribution >= 0.6 is 0 Å². The van der Waals surface area contributed by atoms with Crippen LogP contribution in [-0.4, -0.2) is 68.9 Å². The summed E-state index contributed by atoms with van der Waals surface area (Å²) in [4.78, 5) is 22.6. The third-order valence-electron chi connectivity index (χ3n) is 5.43. The van der Waals surface area contributed by atoms with Gasteiger partial charge in [-0.2, -0.15) is 4.31 Å². The quantitative estimate of drug-likeness (QED) is 0.646. The van der Waals surface area contributed by atoms with Crippen molar-refractivity contribution < 1.29 is 21.6 Å². The first-order valence-corrected chi connectivity index (χ1v) is 12.9. The van der Waals surface area contributed by atoms with E-state index >= 15 is 0 Å². The third kappa shape index (κ3) is 3.90. The van der Waals surface area contributed by atoms with Crippen LogP contribution in [-0.2, 0) is 24.8 Å². The molecule has 1 aromatic heterocycles. The van der Waals surface area contributed by atoms with Crippen molar-refractivity contribution >= 4 is 37.6 Å². The van der Waals surface area contributed by atoms with Crippen LogP contribution < -0.4 is 9.21 Å². The highest BCUT2D eigenvalue weighted by molar-refractivity contribution is 7.94. The molecule has 0 N–H and O–H groups in total. The van der Waals surface area contributed by atoms with Crippen LogP contribution in [0.1, 0.15) is 17.5 Å². The van der Waals surface area contributed by atoms with Crippen LogP contribution in [0.2, 0.25) is 0 Å². The number of sulfonamides is 2. The molecule has 0 spiro atoms. The molecule has 12 heteroatoms. The summed E-state index contributed by atoms with van der Waals surface area (Å²) in [6.07, 6.45) is 3.21. The molecule has 4 rings (SSSR count). The molecule has 0 atom stereocenters. The van der Waals surface area contributed by atoms with Crippen LogP contribution in [0.5, 0.6) is 0 Å². The summed E-state index contributed by atoms with van der Waals surface area (Å²) in [5.74, 6) is -0.180. The maximum Gasteiger partial charge on any atom is 0.243 e. The molecule has 10 nitrogen and oxygen atoms in total. The van der Waals surface area contributed by atoms with E-state index in [1.807, 2.05) is 4.90 Å². The molecule has 2 aromatic rings. The lowest BCUT2D eigenvalue weighted by molar-refractivity contribution is -0.116. The highest BCUT2D eigenvalue weighted by Gasteiger charge is 2.38. The summed E-state index contributed by atoms with van der Waals surface area (Å²) in [5, 5.41) is 0. The minimum absolute atomic E-state index is 0.0735. The van der Waals surface area contributed by atoms with Gasteiger partial charge in [0, 0.05) is 45.0 Å². The topological polar surface area (TPSA) is 121 Å². The molecule has 0 aliphatic carbocycles. The number of anilines is 2. The Kier molecular flexibility index (Phi) is 5.48. The van der Waals surface area contributed by atoms with E-state index in [4.69, 9.17) is 0 Å². The van der Waals surface area contributed by atoms with Crippen molar-refractivity contribution in [1.29, 1.82) is 0 Å². The SMILES string of the molecule is Cc1cc(N2C(=O)CCS2(=O)=O)cc(C)c1S(=O)(=O)N1CCN(c2ncccn2)CC1. The van der Waals surface area contributed by atoms with Crippen molar-refractivity contribution in [3.05, 3.63) is 41.7 Å². The highest BCUT2D eigenvalue weighted by atomic mass is 32.2. The summed E-state index contributed by atoms with van der Waals surface area (Å²) < 4.78 is 53.4. The van der Waals surface area contributed by atoms with Crippen LogP contribution in [0.3, 0.4) is 0 Å². The zero-order valence-corrected chi connectivity index (χ0v) is 18.9. The lowest BCUT2D eigenvalue weighted by Gasteiger charge is -2.34. The Labute approximate surface area is 181 Å². The molecule has 1 aromatic carbocycles. The second-order valence-corrected chi connectivity index (χ2v) is 11.4. The lowest BCUT2D eigenvalue weighted by atomic mass is 10.1. The van der Waals surface area contributed by atoms with Crippen molar-refractivity contribution in [3.8, 4) is 0 Å². The average molecular weight is 466 g/mol. The van der Waals surface area contributed by atoms with Crippen LogP contribution in [0.4, 0.5) is 11.6 Å². The first kappa shape index (κ1) is 21.7. The summed E-state index contributed by atoms with van der Waals surface area (Å²) in [5.41, 5.74) is 0.986. The molecule has 0 radical (unpaired) electrons. The van der Waals surface area contributed by atoms with Crippen molar-refractivity contribution in [1.82, 2.24) is 14.3 Å². The minimum Gasteiger partial charge on any atom is -0.338 e. The first-order valence-electron chi connectivity index (χ1n) is 9.80. The van der Waals surface area contributed by atoms with E-state index < -0.39 is 26.0 Å². The van der Waals surface area contributed by atoms with Gasteiger partial charge in [-0.3, -0.25) is 4.79 Å². The van der Waals surface area contributed by atoms with Gasteiger partial charge in [-0.25, -0.2) is 31.1 Å². The number of amides is 1. The molecular weight excluding hydrogens is 442 g/mol. The molecule has 1 amide bonds. The second-order valence-electron chi connectivity index (χ2n) is 7.57. The predicted octanol–water partition coefficient (Wildman–Crippen LogP) is 0.671. The molecule has 2 fully saturated rings. The van der Waals surface area contributed by atoms with Gasteiger partial charge in [-0.05, 0) is 43.2 Å². The standard InChI is InChI=1S/C19H23N5O5S2/c1-14-12-16(24-17(25)4-11-30(24,26)27)13-15(2)18(14)31(28,29)23-9-7-22(8-10-23)19-20-5-3-6-21-19/h3,5-6,12-13H,4,7-11H2,1-2H3. The Morgan fingerprint density at radius 2 is 1.55 bits per heavy atom. The molecule has 3 heterocycles. The van der Waals surface area contributed by atoms with E-state index in [0.29, 0.717) is 30.2 Å². The molecule has 0 bridgehead atoms. The average Bonchev–Trinajstić information content (AvgIpc) is 3.00. The number of benzene rings is 1. The number of piperazine rings is 1. The fraction of sp³-hybridized carbons (Fsp3) is 0.421. The van der Waals surface area contributed by atoms with Gasteiger partial charge < -0.3 is 4.90 Å². The number of nitrogens with zero attached hydrogens (tertiary/aromatic N) is 5. The molecule has 0 saturated carbocycles. The van der Waals surface area contributed by atoms with Crippen molar-refractivity contribution in [2.45, 2.75) is 25.2 Å². The molecular formula is C19H23N5O5S2. The summed E-state index contributed by atoms with van der Waals surface area (Å²) >= 11 is 0. The van der Waals surface area contributed by atoms with E-state index in [0.717, 1.165) is 4.31 Å². The fourth-order valence-corrected chi connectivity index (χ4v) is 7.31. The number of carbonyl (C=O) groups excluding carboxylic acids is 1. The molecule has 2 aliphatic rings. The fourth-order valence-electron chi connectivity index (χ4n) is 4.03. The van der Waals surface area contributed by atoms with E-state index in [1.165, 1.54) is 16.4 Å². The number of aromatic nitrogens is 2. The second kappa shape index (κ2) is 7.84. The normalized spacial score (nSPS) is 19.7. The number of hydrogen-bond acceptors (Lipinski definition) is 8. The smallest absolute Gasteiger partial charge is 0.243 e. The largest absolute Gasteiger partial charge is 0.338 e. The van der Waals surface area contributed by atoms with Crippen molar-refractivity contribution in [2.24, 2.45) is 0 Å². The van der Waals surface area contributed by atoms with E-state index in [-0.39, 0.29) is 35.8 Å². The number of aryl methyl sites for hydroxylation is 2. The lowest BCUT2D eigenvalue weighted by Crippen LogP contribution is -2.49. The number of hydrogen-bond donors (Lipinski definition) is 0. The van der Waals surface area contributed by atoms with Gasteiger partial charge in [0.15, 0.2) is 0 Å². The van der Waals surface area contributed by atoms with Gasteiger partial charge >= 0.3 is 0 Å². The molecule has 0 unspecified atom stereocenters. The summed E-state index contributed by atoms with van der Waals surface area (Å²) in [6.45, 7) is 4.70. The van der Waals surface area contributed by atoms with Gasteiger partial charge in [-0.15, -0.1) is 0 Å². The van der Waals surface area contributed by atoms with Gasteiger partial charge in [-0.1, -0.05) is 0 Å². The zero-order valence-electron chi connectivity index (χ0n) is 17.2. The van der Waals surface area contributed by atoms with Gasteiger partial charge in [0.2, 0.25) is 31.9 Å². The molecule has 2 aliphatic heterocycles. The van der Waals surface area contributed by atoms with E-state index in [1.54, 1.807) is 32.3 Å². The molecule has 166 valence electrons. The maximum atomic E-state index is 13.4. The summed E-state index contributed by atoms with van der Waals surface area (Å²) in [7, 11) is -7.52. The maximum absolute atomic E-state index is 13.4. The Bertz CT molecular complexity index is 1200. The number of rotatable bonds is 4.